The van der Waals surface area contributed by atoms with Gasteiger partial charge < -0.3 is 14.2 Å². The van der Waals surface area contributed by atoms with Crippen molar-refractivity contribution in [2.75, 3.05) is 19.8 Å². The third kappa shape index (κ3) is 43.1. The molecule has 0 saturated carbocycles. The number of hydrogen-bond acceptors (Lipinski definition) is 5. The van der Waals surface area contributed by atoms with Crippen LogP contribution in [0.15, 0.2) is 24.3 Å². The molecule has 5 heteroatoms. The fraction of sp³-hybridized carbons (Fsp3) is 0.878. The van der Waals surface area contributed by atoms with Crippen molar-refractivity contribution in [2.24, 2.45) is 0 Å². The molecule has 0 aromatic carbocycles. The molecule has 0 amide bonds. The van der Waals surface area contributed by atoms with E-state index in [-0.39, 0.29) is 18.5 Å². The lowest BCUT2D eigenvalue weighted by molar-refractivity contribution is -0.163. The second-order valence-electron chi connectivity index (χ2n) is 16.0. The number of carbonyl (C=O) groups is 2. The summed E-state index contributed by atoms with van der Waals surface area (Å²) in [6, 6.07) is 0. The molecule has 318 valence electrons. The van der Waals surface area contributed by atoms with Crippen LogP contribution in [0.4, 0.5) is 0 Å². The molecule has 0 aliphatic rings. The van der Waals surface area contributed by atoms with Crippen LogP contribution >= 0.6 is 0 Å². The fourth-order valence-electron chi connectivity index (χ4n) is 6.89. The number of hydrogen-bond donors (Lipinski definition) is 0. The van der Waals surface area contributed by atoms with Crippen molar-refractivity contribution >= 4 is 11.9 Å². The Morgan fingerprint density at radius 1 is 0.407 bits per heavy atom. The van der Waals surface area contributed by atoms with Gasteiger partial charge in [-0.25, -0.2) is 0 Å². The minimum Gasteiger partial charge on any atom is -0.462 e. The zero-order valence-corrected chi connectivity index (χ0v) is 36.5. The average Bonchev–Trinajstić information content (AvgIpc) is 3.17. The van der Waals surface area contributed by atoms with E-state index in [9.17, 15) is 9.59 Å². The summed E-state index contributed by atoms with van der Waals surface area (Å²) in [5, 5.41) is 0. The van der Waals surface area contributed by atoms with Gasteiger partial charge in [-0.1, -0.05) is 212 Å². The highest BCUT2D eigenvalue weighted by Gasteiger charge is 2.17. The maximum Gasteiger partial charge on any atom is 0.306 e. The van der Waals surface area contributed by atoms with E-state index < -0.39 is 6.10 Å². The normalized spacial score (nSPS) is 12.3. The number of rotatable bonds is 44. The smallest absolute Gasteiger partial charge is 0.306 e. The van der Waals surface area contributed by atoms with E-state index in [0.29, 0.717) is 26.1 Å². The molecule has 1 atom stereocenters. The Bertz CT molecular complexity index is 821. The van der Waals surface area contributed by atoms with Crippen molar-refractivity contribution in [2.45, 2.75) is 258 Å². The van der Waals surface area contributed by atoms with E-state index in [2.05, 4.69) is 45.1 Å². The van der Waals surface area contributed by atoms with Gasteiger partial charge in [0.1, 0.15) is 6.61 Å². The van der Waals surface area contributed by atoms with Crippen molar-refractivity contribution in [1.29, 1.82) is 0 Å². The fourth-order valence-corrected chi connectivity index (χ4v) is 6.89. The van der Waals surface area contributed by atoms with E-state index in [0.717, 1.165) is 51.4 Å². The van der Waals surface area contributed by atoms with Gasteiger partial charge in [0.25, 0.3) is 0 Å². The van der Waals surface area contributed by atoms with Gasteiger partial charge in [-0.2, -0.15) is 0 Å². The first kappa shape index (κ1) is 52.4. The Morgan fingerprint density at radius 2 is 0.778 bits per heavy atom. The van der Waals surface area contributed by atoms with Crippen molar-refractivity contribution in [3.63, 3.8) is 0 Å². The molecule has 0 aromatic rings. The molecule has 0 aliphatic carbocycles. The average molecular weight is 761 g/mol. The molecule has 1 unspecified atom stereocenters. The molecule has 0 heterocycles. The summed E-state index contributed by atoms with van der Waals surface area (Å²) >= 11 is 0. The van der Waals surface area contributed by atoms with Crippen molar-refractivity contribution in [3.8, 4) is 0 Å². The molecule has 0 spiro atoms. The maximum absolute atomic E-state index is 12.7. The van der Waals surface area contributed by atoms with Crippen LogP contribution in [0.1, 0.15) is 252 Å². The molecular weight excluding hydrogens is 669 g/mol. The zero-order chi connectivity index (χ0) is 39.3. The highest BCUT2D eigenvalue weighted by atomic mass is 16.6. The lowest BCUT2D eigenvalue weighted by atomic mass is 10.0. The Labute approximate surface area is 337 Å². The van der Waals surface area contributed by atoms with E-state index in [1.807, 2.05) is 0 Å². The molecule has 0 saturated heterocycles. The van der Waals surface area contributed by atoms with Gasteiger partial charge in [0.2, 0.25) is 0 Å². The maximum atomic E-state index is 12.7. The molecule has 0 radical (unpaired) electrons. The summed E-state index contributed by atoms with van der Waals surface area (Å²) in [6.45, 7) is 7.82. The Hall–Kier alpha value is -1.62. The lowest BCUT2D eigenvalue weighted by Crippen LogP contribution is -2.30. The lowest BCUT2D eigenvalue weighted by Gasteiger charge is -2.18. The van der Waals surface area contributed by atoms with Crippen LogP contribution in [0.5, 0.6) is 0 Å². The molecular formula is C49H92O5. The quantitative estimate of drug-likeness (QED) is 0.0352. The first-order chi connectivity index (χ1) is 26.6. The summed E-state index contributed by atoms with van der Waals surface area (Å²) in [6.07, 6.45) is 51.7. The Kier molecular flexibility index (Phi) is 44.4. The van der Waals surface area contributed by atoms with Gasteiger partial charge in [0.05, 0.1) is 6.61 Å². The third-order valence-corrected chi connectivity index (χ3v) is 10.5. The summed E-state index contributed by atoms with van der Waals surface area (Å²) in [4.78, 5) is 25.3. The minimum absolute atomic E-state index is 0.0848. The Balaban J connectivity index is 4.22. The van der Waals surface area contributed by atoms with Crippen LogP contribution in [-0.4, -0.2) is 37.9 Å². The van der Waals surface area contributed by atoms with Crippen molar-refractivity contribution in [3.05, 3.63) is 24.3 Å². The minimum atomic E-state index is -0.531. The SMILES string of the molecule is CCCCC/C=C\C/C=C\CCCCCCCC(=O)OCC(COCCCCCCCCCCCC)OC(=O)CCCCCCCCCCCCCCC. The van der Waals surface area contributed by atoms with Gasteiger partial charge in [-0.3, -0.25) is 9.59 Å². The van der Waals surface area contributed by atoms with Crippen LogP contribution in [0, 0.1) is 0 Å². The van der Waals surface area contributed by atoms with E-state index in [4.69, 9.17) is 14.2 Å². The van der Waals surface area contributed by atoms with E-state index in [1.54, 1.807) is 0 Å². The van der Waals surface area contributed by atoms with Crippen LogP contribution in [0.25, 0.3) is 0 Å². The summed E-state index contributed by atoms with van der Waals surface area (Å²) in [5.41, 5.74) is 0. The largest absolute Gasteiger partial charge is 0.462 e. The molecule has 0 N–H and O–H groups in total. The van der Waals surface area contributed by atoms with Gasteiger partial charge in [-0.15, -0.1) is 0 Å². The Morgan fingerprint density at radius 3 is 1.26 bits per heavy atom. The van der Waals surface area contributed by atoms with E-state index >= 15 is 0 Å². The highest BCUT2D eigenvalue weighted by molar-refractivity contribution is 5.70. The first-order valence-corrected chi connectivity index (χ1v) is 23.9. The topological polar surface area (TPSA) is 61.8 Å². The van der Waals surface area contributed by atoms with Gasteiger partial charge in [0, 0.05) is 19.4 Å². The number of allylic oxidation sites excluding steroid dienone is 4. The van der Waals surface area contributed by atoms with Crippen LogP contribution < -0.4 is 0 Å². The van der Waals surface area contributed by atoms with Gasteiger partial charge in [-0.05, 0) is 51.4 Å². The number of unbranched alkanes of at least 4 members (excludes halogenated alkanes) is 29. The molecule has 0 aromatic heterocycles. The third-order valence-electron chi connectivity index (χ3n) is 10.5. The second kappa shape index (κ2) is 45.8. The molecule has 5 nitrogen and oxygen atoms in total. The van der Waals surface area contributed by atoms with Crippen LogP contribution in [-0.2, 0) is 23.8 Å². The number of carbonyl (C=O) groups excluding carboxylic acids is 2. The van der Waals surface area contributed by atoms with Crippen LogP contribution in [0.3, 0.4) is 0 Å². The number of ether oxygens (including phenoxy) is 3. The zero-order valence-electron chi connectivity index (χ0n) is 36.5. The van der Waals surface area contributed by atoms with E-state index in [1.165, 1.54) is 167 Å². The van der Waals surface area contributed by atoms with Gasteiger partial charge >= 0.3 is 11.9 Å². The molecule has 0 fully saturated rings. The van der Waals surface area contributed by atoms with Crippen molar-refractivity contribution in [1.82, 2.24) is 0 Å². The predicted molar refractivity (Wildman–Crippen MR) is 233 cm³/mol. The standard InChI is InChI=1S/C49H92O5/c1-4-7-10-13-16-19-22-24-25-27-28-30-33-36-39-42-48(50)53-46-47(45-52-44-41-38-35-32-21-18-15-12-9-6-3)54-49(51)43-40-37-34-31-29-26-23-20-17-14-11-8-5-2/h16,19,24-25,47H,4-15,17-18,20-23,26-46H2,1-3H3/b19-16-,25-24-. The van der Waals surface area contributed by atoms with Crippen LogP contribution in [0.2, 0.25) is 0 Å². The molecule has 0 rings (SSSR count). The highest BCUT2D eigenvalue weighted by Crippen LogP contribution is 2.15. The molecule has 0 bridgehead atoms. The first-order valence-electron chi connectivity index (χ1n) is 23.9. The molecule has 54 heavy (non-hydrogen) atoms. The molecule has 0 aliphatic heterocycles. The summed E-state index contributed by atoms with van der Waals surface area (Å²) in [5.74, 6) is -0.400. The monoisotopic (exact) mass is 761 g/mol. The predicted octanol–water partition coefficient (Wildman–Crippen LogP) is 15.7. The number of esters is 2. The second-order valence-corrected chi connectivity index (χ2v) is 16.0. The summed E-state index contributed by atoms with van der Waals surface area (Å²) < 4.78 is 17.3. The van der Waals surface area contributed by atoms with Gasteiger partial charge in [0.15, 0.2) is 6.10 Å². The summed E-state index contributed by atoms with van der Waals surface area (Å²) in [7, 11) is 0. The van der Waals surface area contributed by atoms with Crippen molar-refractivity contribution < 1.29 is 23.8 Å².